The molecule has 0 spiro atoms. The minimum absolute atomic E-state index is 0.100. The zero-order valence-corrected chi connectivity index (χ0v) is 15.0. The van der Waals surface area contributed by atoms with E-state index in [2.05, 4.69) is 58.0 Å². The van der Waals surface area contributed by atoms with Crippen LogP contribution in [0.4, 0.5) is 5.82 Å². The van der Waals surface area contributed by atoms with Gasteiger partial charge in [0.2, 0.25) is 0 Å². The molecule has 0 amide bonds. The lowest BCUT2D eigenvalue weighted by Gasteiger charge is -2.25. The summed E-state index contributed by atoms with van der Waals surface area (Å²) in [5.41, 5.74) is 1.35. The first-order chi connectivity index (χ1) is 9.89. The molecular weight excluding hydrogens is 330 g/mol. The number of methoxy groups -OCH3 is 1. The molecule has 21 heavy (non-hydrogen) atoms. The van der Waals surface area contributed by atoms with E-state index in [1.165, 1.54) is 12.0 Å². The fourth-order valence-electron chi connectivity index (χ4n) is 2.65. The number of hydrogen-bond donors (Lipinski definition) is 1. The van der Waals surface area contributed by atoms with Gasteiger partial charge in [-0.2, -0.15) is 0 Å². The Morgan fingerprint density at radius 1 is 1.48 bits per heavy atom. The topological polar surface area (TPSA) is 37.4 Å². The first-order valence-corrected chi connectivity index (χ1v) is 8.31. The van der Waals surface area contributed by atoms with E-state index in [9.17, 15) is 0 Å². The lowest BCUT2D eigenvalue weighted by Crippen LogP contribution is -2.36. The summed E-state index contributed by atoms with van der Waals surface area (Å²) >= 11 is 3.53. The van der Waals surface area contributed by atoms with E-state index in [1.807, 2.05) is 6.20 Å². The molecular formula is C16H26BrN3O. The molecule has 0 aromatic carbocycles. The van der Waals surface area contributed by atoms with Gasteiger partial charge in [0.05, 0.1) is 6.61 Å². The quantitative estimate of drug-likeness (QED) is 0.879. The fourth-order valence-corrected chi connectivity index (χ4v) is 3.02. The summed E-state index contributed by atoms with van der Waals surface area (Å²) in [7, 11) is 1.78. The maximum Gasteiger partial charge on any atom is 0.133 e. The van der Waals surface area contributed by atoms with Crippen LogP contribution in [0.3, 0.4) is 0 Å². The smallest absolute Gasteiger partial charge is 0.133 e. The monoisotopic (exact) mass is 355 g/mol. The molecule has 1 fully saturated rings. The Kier molecular flexibility index (Phi) is 5.63. The Morgan fingerprint density at radius 3 is 2.90 bits per heavy atom. The minimum atomic E-state index is 0.100. The molecule has 1 aliphatic rings. The Hall–Kier alpha value is -0.650. The number of aromatic nitrogens is 1. The largest absolute Gasteiger partial charge is 0.384 e. The van der Waals surface area contributed by atoms with Gasteiger partial charge < -0.3 is 15.0 Å². The van der Waals surface area contributed by atoms with Gasteiger partial charge in [0.25, 0.3) is 0 Å². The number of halogens is 1. The average molecular weight is 356 g/mol. The molecule has 0 aliphatic carbocycles. The third-order valence-corrected chi connectivity index (χ3v) is 4.14. The molecule has 1 N–H and O–H groups in total. The first kappa shape index (κ1) is 16.7. The molecule has 1 aromatic rings. The predicted molar refractivity (Wildman–Crippen MR) is 90.7 cm³/mol. The molecule has 0 saturated carbocycles. The summed E-state index contributed by atoms with van der Waals surface area (Å²) in [6, 6.07) is 2.17. The van der Waals surface area contributed by atoms with Crippen molar-refractivity contribution in [1.82, 2.24) is 10.3 Å². The van der Waals surface area contributed by atoms with Crippen molar-refractivity contribution in [1.29, 1.82) is 0 Å². The van der Waals surface area contributed by atoms with Gasteiger partial charge in [-0.25, -0.2) is 4.98 Å². The van der Waals surface area contributed by atoms with Crippen molar-refractivity contribution in [2.45, 2.75) is 39.3 Å². The van der Waals surface area contributed by atoms with E-state index in [1.54, 1.807) is 7.11 Å². The van der Waals surface area contributed by atoms with Crippen molar-refractivity contribution in [3.8, 4) is 0 Å². The lowest BCUT2D eigenvalue weighted by atomic mass is 10.1. The molecule has 1 unspecified atom stereocenters. The highest BCUT2D eigenvalue weighted by Gasteiger charge is 2.25. The van der Waals surface area contributed by atoms with Crippen molar-refractivity contribution in [3.63, 3.8) is 0 Å². The summed E-state index contributed by atoms with van der Waals surface area (Å²) in [6.45, 7) is 10.3. The molecule has 1 aliphatic heterocycles. The lowest BCUT2D eigenvalue weighted by molar-refractivity contribution is 0.161. The van der Waals surface area contributed by atoms with Crippen LogP contribution in [0.25, 0.3) is 0 Å². The van der Waals surface area contributed by atoms with Crippen molar-refractivity contribution in [2.24, 2.45) is 5.92 Å². The third kappa shape index (κ3) is 4.94. The Morgan fingerprint density at radius 2 is 2.24 bits per heavy atom. The van der Waals surface area contributed by atoms with Crippen LogP contribution in [0.2, 0.25) is 0 Å². The molecule has 1 saturated heterocycles. The fraction of sp³-hybridized carbons (Fsp3) is 0.688. The second-order valence-corrected chi connectivity index (χ2v) is 7.71. The van der Waals surface area contributed by atoms with Crippen LogP contribution in [0.15, 0.2) is 16.7 Å². The second-order valence-electron chi connectivity index (χ2n) is 6.80. The minimum Gasteiger partial charge on any atom is -0.384 e. The van der Waals surface area contributed by atoms with Gasteiger partial charge in [-0.1, -0.05) is 0 Å². The van der Waals surface area contributed by atoms with Crippen LogP contribution in [-0.2, 0) is 11.3 Å². The van der Waals surface area contributed by atoms with Crippen LogP contribution in [0, 0.1) is 5.92 Å². The van der Waals surface area contributed by atoms with Crippen LogP contribution in [-0.4, -0.2) is 37.3 Å². The van der Waals surface area contributed by atoms with Gasteiger partial charge >= 0.3 is 0 Å². The number of ether oxygens (including phenoxy) is 1. The van der Waals surface area contributed by atoms with E-state index in [4.69, 9.17) is 4.74 Å². The summed E-state index contributed by atoms with van der Waals surface area (Å²) in [5.74, 6) is 1.72. The van der Waals surface area contributed by atoms with E-state index in [0.717, 1.165) is 36.5 Å². The van der Waals surface area contributed by atoms with Crippen molar-refractivity contribution < 1.29 is 4.74 Å². The van der Waals surface area contributed by atoms with Gasteiger partial charge in [0, 0.05) is 54.4 Å². The Bertz CT molecular complexity index is 473. The second kappa shape index (κ2) is 7.07. The van der Waals surface area contributed by atoms with Gasteiger partial charge in [-0.3, -0.25) is 0 Å². The normalized spacial score (nSPS) is 19.3. The van der Waals surface area contributed by atoms with E-state index in [-0.39, 0.29) is 5.54 Å². The molecule has 118 valence electrons. The van der Waals surface area contributed by atoms with Gasteiger partial charge in [-0.15, -0.1) is 0 Å². The van der Waals surface area contributed by atoms with Crippen molar-refractivity contribution in [2.75, 3.05) is 31.7 Å². The number of nitrogens with zero attached hydrogens (tertiary/aromatic N) is 2. The van der Waals surface area contributed by atoms with E-state index >= 15 is 0 Å². The van der Waals surface area contributed by atoms with E-state index < -0.39 is 0 Å². The maximum absolute atomic E-state index is 5.28. The van der Waals surface area contributed by atoms with Crippen LogP contribution < -0.4 is 10.2 Å². The number of rotatable bonds is 5. The highest BCUT2D eigenvalue weighted by molar-refractivity contribution is 9.10. The summed E-state index contributed by atoms with van der Waals surface area (Å²) in [4.78, 5) is 7.04. The number of nitrogens with one attached hydrogen (secondary N) is 1. The van der Waals surface area contributed by atoms with Crippen LogP contribution in [0.5, 0.6) is 0 Å². The predicted octanol–water partition coefficient (Wildman–Crippen LogP) is 3.20. The standard InChI is InChI=1S/C16H26BrN3O/c1-16(2,3)19-8-13-7-14(17)9-18-15(13)20-6-5-12(10-20)11-21-4/h7,9,12,19H,5-6,8,10-11H2,1-4H3. The Labute approximate surface area is 136 Å². The summed E-state index contributed by atoms with van der Waals surface area (Å²) in [6.07, 6.45) is 3.07. The summed E-state index contributed by atoms with van der Waals surface area (Å²) in [5, 5.41) is 3.55. The molecule has 0 radical (unpaired) electrons. The molecule has 1 aromatic heterocycles. The first-order valence-electron chi connectivity index (χ1n) is 7.52. The highest BCUT2D eigenvalue weighted by Crippen LogP contribution is 2.27. The zero-order chi connectivity index (χ0) is 15.5. The van der Waals surface area contributed by atoms with Gasteiger partial charge in [-0.05, 0) is 49.2 Å². The summed E-state index contributed by atoms with van der Waals surface area (Å²) < 4.78 is 6.32. The number of anilines is 1. The molecule has 2 heterocycles. The molecule has 5 heteroatoms. The molecule has 2 rings (SSSR count). The van der Waals surface area contributed by atoms with Gasteiger partial charge in [0.1, 0.15) is 5.82 Å². The Balaban J connectivity index is 2.12. The number of hydrogen-bond acceptors (Lipinski definition) is 4. The molecule has 0 bridgehead atoms. The zero-order valence-electron chi connectivity index (χ0n) is 13.4. The average Bonchev–Trinajstić information content (AvgIpc) is 2.84. The van der Waals surface area contributed by atoms with Crippen molar-refractivity contribution in [3.05, 3.63) is 22.3 Å². The van der Waals surface area contributed by atoms with E-state index in [0.29, 0.717) is 5.92 Å². The van der Waals surface area contributed by atoms with Crippen LogP contribution >= 0.6 is 15.9 Å². The highest BCUT2D eigenvalue weighted by atomic mass is 79.9. The van der Waals surface area contributed by atoms with Crippen molar-refractivity contribution >= 4 is 21.7 Å². The SMILES string of the molecule is COCC1CCN(c2ncc(Br)cc2CNC(C)(C)C)C1. The molecule has 1 atom stereocenters. The molecule has 4 nitrogen and oxygen atoms in total. The van der Waals surface area contributed by atoms with Gasteiger partial charge in [0.15, 0.2) is 0 Å². The maximum atomic E-state index is 5.28. The van der Waals surface area contributed by atoms with Crippen LogP contribution in [0.1, 0.15) is 32.8 Å². The number of pyridine rings is 1. The third-order valence-electron chi connectivity index (χ3n) is 3.71.